The van der Waals surface area contributed by atoms with E-state index in [2.05, 4.69) is 20.9 Å². The average molecular weight is 316 g/mol. The average Bonchev–Trinajstić information content (AvgIpc) is 2.59. The van der Waals surface area contributed by atoms with Crippen LogP contribution >= 0.6 is 27.3 Å². The van der Waals surface area contributed by atoms with Crippen LogP contribution in [0.3, 0.4) is 0 Å². The second-order valence-corrected chi connectivity index (χ2v) is 5.64. The molecule has 2 aromatic rings. The van der Waals surface area contributed by atoms with Crippen molar-refractivity contribution in [2.45, 2.75) is 6.42 Å². The van der Waals surface area contributed by atoms with Crippen molar-refractivity contribution in [1.82, 2.24) is 4.98 Å². The number of carbonyl (C=O) groups is 1. The largest absolute Gasteiger partial charge is 0.481 e. The summed E-state index contributed by atoms with van der Waals surface area (Å²) in [7, 11) is 0. The van der Waals surface area contributed by atoms with Crippen LogP contribution in [0.25, 0.3) is 10.6 Å². The molecule has 0 aliphatic rings. The molecule has 0 aliphatic heterocycles. The number of thiazole rings is 1. The topological polar surface area (TPSA) is 50.2 Å². The highest BCUT2D eigenvalue weighted by molar-refractivity contribution is 9.11. The highest BCUT2D eigenvalue weighted by Gasteiger charge is 2.13. The molecule has 0 spiro atoms. The van der Waals surface area contributed by atoms with Crippen molar-refractivity contribution in [2.24, 2.45) is 0 Å². The van der Waals surface area contributed by atoms with E-state index in [1.807, 2.05) is 0 Å². The molecule has 0 atom stereocenters. The number of carboxylic acid groups (broad SMARTS) is 1. The first-order valence-electron chi connectivity index (χ1n) is 4.69. The van der Waals surface area contributed by atoms with E-state index in [4.69, 9.17) is 5.11 Å². The van der Waals surface area contributed by atoms with Gasteiger partial charge in [0.2, 0.25) is 0 Å². The molecule has 0 bridgehead atoms. The first-order chi connectivity index (χ1) is 8.06. The number of carboxylic acids is 1. The van der Waals surface area contributed by atoms with E-state index >= 15 is 0 Å². The van der Waals surface area contributed by atoms with Crippen LogP contribution < -0.4 is 0 Å². The third kappa shape index (κ3) is 2.89. The van der Waals surface area contributed by atoms with Crippen molar-refractivity contribution in [3.8, 4) is 10.6 Å². The van der Waals surface area contributed by atoms with Crippen molar-refractivity contribution >= 4 is 33.2 Å². The molecule has 3 nitrogen and oxygen atoms in total. The Kier molecular flexibility index (Phi) is 3.54. The monoisotopic (exact) mass is 315 g/mol. The van der Waals surface area contributed by atoms with Crippen molar-refractivity contribution in [3.63, 3.8) is 0 Å². The molecular formula is C11H7BrFNO2S. The number of nitrogens with zero attached hydrogens (tertiary/aromatic N) is 1. The number of benzene rings is 1. The van der Waals surface area contributed by atoms with Crippen LogP contribution in [-0.2, 0) is 11.2 Å². The van der Waals surface area contributed by atoms with Crippen LogP contribution in [0.5, 0.6) is 0 Å². The smallest absolute Gasteiger partial charge is 0.309 e. The Morgan fingerprint density at radius 1 is 1.53 bits per heavy atom. The zero-order chi connectivity index (χ0) is 12.4. The fraction of sp³-hybridized carbons (Fsp3) is 0.0909. The van der Waals surface area contributed by atoms with E-state index in [0.717, 1.165) is 0 Å². The van der Waals surface area contributed by atoms with Gasteiger partial charge in [0.25, 0.3) is 0 Å². The molecule has 1 heterocycles. The number of halogens is 2. The molecule has 1 aromatic heterocycles. The summed E-state index contributed by atoms with van der Waals surface area (Å²) in [5.74, 6) is -1.28. The van der Waals surface area contributed by atoms with Gasteiger partial charge in [-0.3, -0.25) is 4.79 Å². The first kappa shape index (κ1) is 12.2. The van der Waals surface area contributed by atoms with Crippen LogP contribution in [0.1, 0.15) is 5.69 Å². The van der Waals surface area contributed by atoms with Crippen molar-refractivity contribution in [2.75, 3.05) is 0 Å². The number of aromatic nitrogens is 1. The standard InChI is InChI=1S/C11H7BrFNO2S/c12-10-8(5-9(15)16)14-11(17-10)6-2-1-3-7(13)4-6/h1-4H,5H2,(H,15,16). The molecule has 0 amide bonds. The minimum Gasteiger partial charge on any atom is -0.481 e. The number of aliphatic carboxylic acids is 1. The second kappa shape index (κ2) is 4.93. The van der Waals surface area contributed by atoms with Gasteiger partial charge in [-0.05, 0) is 28.1 Å². The van der Waals surface area contributed by atoms with Crippen LogP contribution in [0.15, 0.2) is 28.1 Å². The van der Waals surface area contributed by atoms with E-state index in [9.17, 15) is 9.18 Å². The minimum atomic E-state index is -0.943. The minimum absolute atomic E-state index is 0.146. The SMILES string of the molecule is O=C(O)Cc1nc(-c2cccc(F)c2)sc1Br. The molecule has 0 radical (unpaired) electrons. The lowest BCUT2D eigenvalue weighted by Gasteiger charge is -1.95. The summed E-state index contributed by atoms with van der Waals surface area (Å²) in [5.41, 5.74) is 1.11. The Labute approximate surface area is 109 Å². The van der Waals surface area contributed by atoms with Gasteiger partial charge >= 0.3 is 5.97 Å². The fourth-order valence-corrected chi connectivity index (χ4v) is 2.83. The Morgan fingerprint density at radius 3 is 2.94 bits per heavy atom. The first-order valence-corrected chi connectivity index (χ1v) is 6.30. The lowest BCUT2D eigenvalue weighted by atomic mass is 10.2. The number of rotatable bonds is 3. The Morgan fingerprint density at radius 2 is 2.29 bits per heavy atom. The summed E-state index contributed by atoms with van der Waals surface area (Å²) in [6.07, 6.45) is -0.146. The maximum absolute atomic E-state index is 13.0. The predicted molar refractivity (Wildman–Crippen MR) is 66.5 cm³/mol. The molecule has 6 heteroatoms. The summed E-state index contributed by atoms with van der Waals surface area (Å²) < 4.78 is 13.7. The molecule has 1 N–H and O–H groups in total. The zero-order valence-corrected chi connectivity index (χ0v) is 10.9. The Balaban J connectivity index is 2.37. The van der Waals surface area contributed by atoms with Crippen LogP contribution in [0.4, 0.5) is 4.39 Å². The second-order valence-electron chi connectivity index (χ2n) is 3.32. The van der Waals surface area contributed by atoms with E-state index in [-0.39, 0.29) is 12.2 Å². The quantitative estimate of drug-likeness (QED) is 0.945. The molecule has 88 valence electrons. The van der Waals surface area contributed by atoms with Crippen LogP contribution in [-0.4, -0.2) is 16.1 Å². The van der Waals surface area contributed by atoms with Crippen LogP contribution in [0.2, 0.25) is 0 Å². The molecular weight excluding hydrogens is 309 g/mol. The maximum Gasteiger partial charge on any atom is 0.309 e. The van der Waals surface area contributed by atoms with E-state index < -0.39 is 5.97 Å². The third-order valence-electron chi connectivity index (χ3n) is 2.04. The van der Waals surface area contributed by atoms with Gasteiger partial charge in [-0.15, -0.1) is 11.3 Å². The van der Waals surface area contributed by atoms with Gasteiger partial charge in [-0.2, -0.15) is 0 Å². The highest BCUT2D eigenvalue weighted by Crippen LogP contribution is 2.32. The molecule has 0 aliphatic carbocycles. The maximum atomic E-state index is 13.0. The summed E-state index contributed by atoms with van der Waals surface area (Å²) in [5, 5.41) is 9.30. The third-order valence-corrected chi connectivity index (χ3v) is 3.92. The molecule has 2 rings (SSSR count). The lowest BCUT2D eigenvalue weighted by molar-refractivity contribution is -0.136. The summed E-state index contributed by atoms with van der Waals surface area (Å²) in [6.45, 7) is 0. The Bertz CT molecular complexity index is 570. The van der Waals surface area contributed by atoms with Gasteiger partial charge in [0, 0.05) is 5.56 Å². The number of hydrogen-bond donors (Lipinski definition) is 1. The van der Waals surface area contributed by atoms with Crippen molar-refractivity contribution in [3.05, 3.63) is 39.6 Å². The zero-order valence-electron chi connectivity index (χ0n) is 8.48. The normalized spacial score (nSPS) is 10.5. The van der Waals surface area contributed by atoms with Gasteiger partial charge in [-0.25, -0.2) is 9.37 Å². The molecule has 0 unspecified atom stereocenters. The highest BCUT2D eigenvalue weighted by atomic mass is 79.9. The molecule has 0 saturated carbocycles. The van der Waals surface area contributed by atoms with Crippen molar-refractivity contribution < 1.29 is 14.3 Å². The van der Waals surface area contributed by atoms with Gasteiger partial charge < -0.3 is 5.11 Å². The molecule has 0 fully saturated rings. The van der Waals surface area contributed by atoms with Gasteiger partial charge in [0.05, 0.1) is 15.9 Å². The van der Waals surface area contributed by atoms with Gasteiger partial charge in [0.1, 0.15) is 10.8 Å². The van der Waals surface area contributed by atoms with E-state index in [1.165, 1.54) is 23.5 Å². The summed E-state index contributed by atoms with van der Waals surface area (Å²) >= 11 is 4.55. The van der Waals surface area contributed by atoms with Crippen molar-refractivity contribution in [1.29, 1.82) is 0 Å². The van der Waals surface area contributed by atoms with Crippen LogP contribution in [0, 0.1) is 5.82 Å². The summed E-state index contributed by atoms with van der Waals surface area (Å²) in [6, 6.07) is 6.05. The summed E-state index contributed by atoms with van der Waals surface area (Å²) in [4.78, 5) is 14.8. The molecule has 0 saturated heterocycles. The van der Waals surface area contributed by atoms with E-state index in [0.29, 0.717) is 20.1 Å². The molecule has 1 aromatic carbocycles. The molecule has 17 heavy (non-hydrogen) atoms. The predicted octanol–water partition coefficient (Wildman–Crippen LogP) is 3.34. The lowest BCUT2D eigenvalue weighted by Crippen LogP contribution is -2.00. The fourth-order valence-electron chi connectivity index (χ4n) is 1.33. The number of hydrogen-bond acceptors (Lipinski definition) is 3. The van der Waals surface area contributed by atoms with Gasteiger partial charge in [-0.1, -0.05) is 12.1 Å². The van der Waals surface area contributed by atoms with E-state index in [1.54, 1.807) is 12.1 Å². The Hall–Kier alpha value is -1.27. The van der Waals surface area contributed by atoms with Gasteiger partial charge in [0.15, 0.2) is 0 Å².